The molecule has 0 bridgehead atoms. The molecule has 0 saturated carbocycles. The second-order valence-electron chi connectivity index (χ2n) is 5.67. The molecule has 100 valence electrons. The first kappa shape index (κ1) is 14.0. The highest BCUT2D eigenvalue weighted by Crippen LogP contribution is 2.26. The van der Waals surface area contributed by atoms with Gasteiger partial charge in [-0.2, -0.15) is 0 Å². The van der Waals surface area contributed by atoms with Gasteiger partial charge in [-0.15, -0.1) is 0 Å². The molecule has 1 aromatic rings. The fourth-order valence-corrected chi connectivity index (χ4v) is 3.16. The van der Waals surface area contributed by atoms with Crippen LogP contribution in [0.25, 0.3) is 0 Å². The van der Waals surface area contributed by atoms with E-state index in [0.717, 1.165) is 19.6 Å². The van der Waals surface area contributed by atoms with E-state index < -0.39 is 0 Å². The van der Waals surface area contributed by atoms with E-state index in [0.29, 0.717) is 5.41 Å². The Morgan fingerprint density at radius 1 is 1.44 bits per heavy atom. The molecule has 2 rings (SSSR count). The fourth-order valence-electron chi connectivity index (χ4n) is 2.72. The van der Waals surface area contributed by atoms with E-state index in [4.69, 9.17) is 0 Å². The van der Waals surface area contributed by atoms with Gasteiger partial charge in [-0.25, -0.2) is 0 Å². The van der Waals surface area contributed by atoms with Gasteiger partial charge in [0.15, 0.2) is 0 Å². The van der Waals surface area contributed by atoms with Gasteiger partial charge in [0.1, 0.15) is 0 Å². The third-order valence-electron chi connectivity index (χ3n) is 3.80. The van der Waals surface area contributed by atoms with E-state index in [1.54, 1.807) is 0 Å². The van der Waals surface area contributed by atoms with E-state index in [2.05, 4.69) is 64.3 Å². The molecule has 0 radical (unpaired) electrons. The maximum atomic E-state index is 3.54. The summed E-state index contributed by atoms with van der Waals surface area (Å²) in [7, 11) is 0. The fraction of sp³-hybridized carbons (Fsp3) is 0.600. The van der Waals surface area contributed by atoms with Crippen molar-refractivity contribution in [2.75, 3.05) is 26.2 Å². The van der Waals surface area contributed by atoms with E-state index >= 15 is 0 Å². The molecule has 0 spiro atoms. The maximum Gasteiger partial charge on any atom is 0.0234 e. The molecule has 1 unspecified atom stereocenters. The van der Waals surface area contributed by atoms with Crippen LogP contribution in [0.1, 0.15) is 25.8 Å². The zero-order valence-electron chi connectivity index (χ0n) is 11.4. The van der Waals surface area contributed by atoms with Gasteiger partial charge < -0.3 is 5.32 Å². The van der Waals surface area contributed by atoms with Crippen LogP contribution >= 0.6 is 15.9 Å². The standard InChI is InChI=1S/C15H23BrN2/c1-3-18(12-15(2)7-8-17-11-15)10-13-5-4-6-14(16)9-13/h4-6,9,17H,3,7-8,10-12H2,1-2H3. The number of hydrogen-bond donors (Lipinski definition) is 1. The molecular weight excluding hydrogens is 288 g/mol. The Balaban J connectivity index is 1.97. The van der Waals surface area contributed by atoms with Crippen LogP contribution in [-0.2, 0) is 6.54 Å². The molecule has 0 amide bonds. The van der Waals surface area contributed by atoms with E-state index in [9.17, 15) is 0 Å². The minimum absolute atomic E-state index is 0.446. The van der Waals surface area contributed by atoms with Crippen LogP contribution in [0.4, 0.5) is 0 Å². The van der Waals surface area contributed by atoms with E-state index in [1.807, 2.05) is 0 Å². The van der Waals surface area contributed by atoms with Crippen molar-refractivity contribution in [3.05, 3.63) is 34.3 Å². The highest BCUT2D eigenvalue weighted by molar-refractivity contribution is 9.10. The van der Waals surface area contributed by atoms with Crippen molar-refractivity contribution in [1.29, 1.82) is 0 Å². The average Bonchev–Trinajstić information content (AvgIpc) is 2.75. The first-order valence-electron chi connectivity index (χ1n) is 6.79. The lowest BCUT2D eigenvalue weighted by molar-refractivity contribution is 0.178. The third-order valence-corrected chi connectivity index (χ3v) is 4.30. The van der Waals surface area contributed by atoms with Gasteiger partial charge in [0, 0.05) is 24.1 Å². The predicted octanol–water partition coefficient (Wildman–Crippen LogP) is 3.27. The quantitative estimate of drug-likeness (QED) is 0.898. The van der Waals surface area contributed by atoms with Crippen molar-refractivity contribution in [2.24, 2.45) is 5.41 Å². The minimum Gasteiger partial charge on any atom is -0.316 e. The van der Waals surface area contributed by atoms with Gasteiger partial charge in [-0.3, -0.25) is 4.90 Å². The summed E-state index contributed by atoms with van der Waals surface area (Å²) in [4.78, 5) is 2.55. The summed E-state index contributed by atoms with van der Waals surface area (Å²) in [5.41, 5.74) is 1.84. The molecule has 0 aliphatic carbocycles. The molecule has 1 heterocycles. The Morgan fingerprint density at radius 3 is 2.89 bits per heavy atom. The lowest BCUT2D eigenvalue weighted by Gasteiger charge is -2.31. The summed E-state index contributed by atoms with van der Waals surface area (Å²) >= 11 is 3.54. The van der Waals surface area contributed by atoms with Crippen LogP contribution < -0.4 is 5.32 Å². The van der Waals surface area contributed by atoms with Crippen LogP contribution in [-0.4, -0.2) is 31.1 Å². The SMILES string of the molecule is CCN(Cc1cccc(Br)c1)CC1(C)CCNC1. The topological polar surface area (TPSA) is 15.3 Å². The van der Waals surface area contributed by atoms with Gasteiger partial charge in [0.25, 0.3) is 0 Å². The Hall–Kier alpha value is -0.380. The maximum absolute atomic E-state index is 3.54. The molecule has 1 aliphatic rings. The van der Waals surface area contributed by atoms with Crippen molar-refractivity contribution in [3.63, 3.8) is 0 Å². The molecule has 3 heteroatoms. The third kappa shape index (κ3) is 3.81. The van der Waals surface area contributed by atoms with Crippen LogP contribution in [0, 0.1) is 5.41 Å². The van der Waals surface area contributed by atoms with Crippen LogP contribution in [0.5, 0.6) is 0 Å². The number of rotatable bonds is 5. The normalized spacial score (nSPS) is 23.8. The zero-order chi connectivity index (χ0) is 13.0. The van der Waals surface area contributed by atoms with Gasteiger partial charge in [-0.05, 0) is 42.6 Å². The van der Waals surface area contributed by atoms with Gasteiger partial charge in [-0.1, -0.05) is 41.9 Å². The Bertz CT molecular complexity index is 386. The minimum atomic E-state index is 0.446. The number of nitrogens with zero attached hydrogens (tertiary/aromatic N) is 1. The van der Waals surface area contributed by atoms with Gasteiger partial charge in [0.2, 0.25) is 0 Å². The average molecular weight is 311 g/mol. The largest absolute Gasteiger partial charge is 0.316 e. The van der Waals surface area contributed by atoms with Crippen molar-refractivity contribution >= 4 is 15.9 Å². The molecule has 1 atom stereocenters. The molecule has 18 heavy (non-hydrogen) atoms. The van der Waals surface area contributed by atoms with E-state index in [1.165, 1.54) is 29.5 Å². The molecule has 1 saturated heterocycles. The Labute approximate surface area is 119 Å². The lowest BCUT2D eigenvalue weighted by Crippen LogP contribution is -2.37. The van der Waals surface area contributed by atoms with Crippen LogP contribution in [0.15, 0.2) is 28.7 Å². The smallest absolute Gasteiger partial charge is 0.0234 e. The van der Waals surface area contributed by atoms with E-state index in [-0.39, 0.29) is 0 Å². The molecule has 1 aromatic carbocycles. The summed E-state index contributed by atoms with van der Waals surface area (Å²) in [6.07, 6.45) is 1.29. The highest BCUT2D eigenvalue weighted by Gasteiger charge is 2.30. The van der Waals surface area contributed by atoms with Crippen molar-refractivity contribution in [3.8, 4) is 0 Å². The monoisotopic (exact) mass is 310 g/mol. The number of hydrogen-bond acceptors (Lipinski definition) is 2. The summed E-state index contributed by atoms with van der Waals surface area (Å²) in [6, 6.07) is 8.63. The van der Waals surface area contributed by atoms with Crippen LogP contribution in [0.2, 0.25) is 0 Å². The second kappa shape index (κ2) is 6.18. The molecule has 1 aliphatic heterocycles. The molecule has 1 N–H and O–H groups in total. The molecule has 2 nitrogen and oxygen atoms in total. The van der Waals surface area contributed by atoms with Gasteiger partial charge >= 0.3 is 0 Å². The summed E-state index contributed by atoms with van der Waals surface area (Å²) in [5, 5.41) is 3.48. The first-order chi connectivity index (χ1) is 8.61. The first-order valence-corrected chi connectivity index (χ1v) is 7.58. The summed E-state index contributed by atoms with van der Waals surface area (Å²) < 4.78 is 1.17. The molecule has 0 aromatic heterocycles. The molecule has 1 fully saturated rings. The summed E-state index contributed by atoms with van der Waals surface area (Å²) in [6.45, 7) is 10.3. The lowest BCUT2D eigenvalue weighted by atomic mass is 9.89. The number of benzene rings is 1. The zero-order valence-corrected chi connectivity index (χ0v) is 13.0. The number of halogens is 1. The summed E-state index contributed by atoms with van der Waals surface area (Å²) in [5.74, 6) is 0. The van der Waals surface area contributed by atoms with Crippen molar-refractivity contribution in [1.82, 2.24) is 10.2 Å². The Morgan fingerprint density at radius 2 is 2.28 bits per heavy atom. The second-order valence-corrected chi connectivity index (χ2v) is 6.59. The van der Waals surface area contributed by atoms with Crippen molar-refractivity contribution < 1.29 is 0 Å². The van der Waals surface area contributed by atoms with Crippen LogP contribution in [0.3, 0.4) is 0 Å². The predicted molar refractivity (Wildman–Crippen MR) is 80.7 cm³/mol. The van der Waals surface area contributed by atoms with Crippen molar-refractivity contribution in [2.45, 2.75) is 26.8 Å². The number of nitrogens with one attached hydrogen (secondary N) is 1. The molecular formula is C15H23BrN2. The van der Waals surface area contributed by atoms with Gasteiger partial charge in [0.05, 0.1) is 0 Å². The highest BCUT2D eigenvalue weighted by atomic mass is 79.9. The Kier molecular flexibility index (Phi) is 4.82.